The van der Waals surface area contributed by atoms with Crippen molar-refractivity contribution in [2.45, 2.75) is 0 Å². The van der Waals surface area contributed by atoms with Crippen molar-refractivity contribution in [1.82, 2.24) is 4.90 Å². The molecule has 0 N–H and O–H groups in total. The van der Waals surface area contributed by atoms with Gasteiger partial charge >= 0.3 is 0 Å². The topological polar surface area (TPSA) is 29.5 Å². The number of morpholine rings is 1. The summed E-state index contributed by atoms with van der Waals surface area (Å²) in [7, 11) is 0. The molecule has 2 rings (SSSR count). The maximum absolute atomic E-state index is 12.2. The van der Waals surface area contributed by atoms with Crippen molar-refractivity contribution >= 4 is 37.8 Å². The van der Waals surface area contributed by atoms with Crippen molar-refractivity contribution in [3.63, 3.8) is 0 Å². The molecular weight excluding hydrogens is 338 g/mol. The van der Waals surface area contributed by atoms with E-state index in [0.29, 0.717) is 31.9 Å². The molecule has 16 heavy (non-hydrogen) atoms. The number of carbonyl (C=O) groups excluding carboxylic acids is 1. The molecule has 1 saturated heterocycles. The van der Waals surface area contributed by atoms with Gasteiger partial charge in [0, 0.05) is 22.0 Å². The molecule has 1 aromatic rings. The Hall–Kier alpha value is -0.390. The number of amides is 1. The standard InChI is InChI=1S/C11H11Br2NO2/c12-8-1-2-10(13)9(7-8)11(15)14-3-5-16-6-4-14/h1-2,7H,3-6H2. The third-order valence-corrected chi connectivity index (χ3v) is 3.64. The fraction of sp³-hybridized carbons (Fsp3) is 0.364. The first kappa shape index (κ1) is 12.1. The summed E-state index contributed by atoms with van der Waals surface area (Å²) in [6, 6.07) is 5.61. The zero-order valence-electron chi connectivity index (χ0n) is 8.58. The van der Waals surface area contributed by atoms with Crippen molar-refractivity contribution < 1.29 is 9.53 Å². The summed E-state index contributed by atoms with van der Waals surface area (Å²) >= 11 is 6.77. The van der Waals surface area contributed by atoms with Gasteiger partial charge in [-0.15, -0.1) is 0 Å². The third-order valence-electron chi connectivity index (χ3n) is 2.46. The summed E-state index contributed by atoms with van der Waals surface area (Å²) in [6.07, 6.45) is 0. The highest BCUT2D eigenvalue weighted by molar-refractivity contribution is 9.11. The molecule has 1 aromatic carbocycles. The average molecular weight is 349 g/mol. The molecule has 0 atom stereocenters. The van der Waals surface area contributed by atoms with E-state index in [1.165, 1.54) is 0 Å². The smallest absolute Gasteiger partial charge is 0.255 e. The highest BCUT2D eigenvalue weighted by atomic mass is 79.9. The number of benzene rings is 1. The quantitative estimate of drug-likeness (QED) is 0.780. The molecule has 3 nitrogen and oxygen atoms in total. The molecule has 1 heterocycles. The summed E-state index contributed by atoms with van der Waals surface area (Å²) in [6.45, 7) is 2.57. The van der Waals surface area contributed by atoms with Gasteiger partial charge < -0.3 is 9.64 Å². The highest BCUT2D eigenvalue weighted by Crippen LogP contribution is 2.23. The zero-order valence-corrected chi connectivity index (χ0v) is 11.8. The molecule has 1 amide bonds. The summed E-state index contributed by atoms with van der Waals surface area (Å²) < 4.78 is 6.96. The van der Waals surface area contributed by atoms with Crippen molar-refractivity contribution in [3.05, 3.63) is 32.7 Å². The molecule has 0 aliphatic carbocycles. The number of halogens is 2. The minimum Gasteiger partial charge on any atom is -0.378 e. The molecule has 5 heteroatoms. The number of carbonyl (C=O) groups is 1. The largest absolute Gasteiger partial charge is 0.378 e. The lowest BCUT2D eigenvalue weighted by Crippen LogP contribution is -2.40. The zero-order chi connectivity index (χ0) is 11.5. The first-order valence-electron chi connectivity index (χ1n) is 5.00. The summed E-state index contributed by atoms with van der Waals surface area (Å²) in [4.78, 5) is 14.0. The minimum atomic E-state index is 0.0523. The average Bonchev–Trinajstić information content (AvgIpc) is 2.32. The van der Waals surface area contributed by atoms with Gasteiger partial charge in [0.05, 0.1) is 18.8 Å². The predicted molar refractivity (Wildman–Crippen MR) is 68.6 cm³/mol. The first-order valence-corrected chi connectivity index (χ1v) is 6.59. The first-order chi connectivity index (χ1) is 7.68. The minimum absolute atomic E-state index is 0.0523. The Labute approximate surface area is 111 Å². The Morgan fingerprint density at radius 1 is 1.25 bits per heavy atom. The lowest BCUT2D eigenvalue weighted by Gasteiger charge is -2.27. The predicted octanol–water partition coefficient (Wildman–Crippen LogP) is 2.68. The molecule has 0 bridgehead atoms. The van der Waals surface area contributed by atoms with Crippen LogP contribution in [-0.2, 0) is 4.74 Å². The lowest BCUT2D eigenvalue weighted by atomic mass is 10.2. The van der Waals surface area contributed by atoms with Gasteiger partial charge in [0.25, 0.3) is 5.91 Å². The van der Waals surface area contributed by atoms with E-state index >= 15 is 0 Å². The Morgan fingerprint density at radius 3 is 2.62 bits per heavy atom. The van der Waals surface area contributed by atoms with Gasteiger partial charge in [-0.25, -0.2) is 0 Å². The molecule has 1 fully saturated rings. The van der Waals surface area contributed by atoms with E-state index in [1.54, 1.807) is 0 Å². The van der Waals surface area contributed by atoms with Crippen molar-refractivity contribution in [2.75, 3.05) is 26.3 Å². The Morgan fingerprint density at radius 2 is 1.94 bits per heavy atom. The second-order valence-electron chi connectivity index (χ2n) is 3.53. The molecule has 1 aliphatic rings. The van der Waals surface area contributed by atoms with Gasteiger partial charge in [-0.2, -0.15) is 0 Å². The van der Waals surface area contributed by atoms with Crippen LogP contribution in [0.5, 0.6) is 0 Å². The number of nitrogens with zero attached hydrogens (tertiary/aromatic N) is 1. The van der Waals surface area contributed by atoms with E-state index < -0.39 is 0 Å². The molecule has 0 radical (unpaired) electrons. The second-order valence-corrected chi connectivity index (χ2v) is 5.30. The van der Waals surface area contributed by atoms with E-state index in [-0.39, 0.29) is 5.91 Å². The van der Waals surface area contributed by atoms with E-state index in [0.717, 1.165) is 8.95 Å². The van der Waals surface area contributed by atoms with Crippen LogP contribution in [0.2, 0.25) is 0 Å². The van der Waals surface area contributed by atoms with Crippen LogP contribution in [0.25, 0.3) is 0 Å². The van der Waals surface area contributed by atoms with Crippen molar-refractivity contribution in [1.29, 1.82) is 0 Å². The molecule has 1 aliphatic heterocycles. The van der Waals surface area contributed by atoms with E-state index in [1.807, 2.05) is 23.1 Å². The normalized spacial score (nSPS) is 16.2. The SMILES string of the molecule is O=C(c1cc(Br)ccc1Br)N1CCOCC1. The maximum Gasteiger partial charge on any atom is 0.255 e. The van der Waals surface area contributed by atoms with Crippen molar-refractivity contribution in [2.24, 2.45) is 0 Å². The molecule has 0 saturated carbocycles. The van der Waals surface area contributed by atoms with Crippen LogP contribution in [0.4, 0.5) is 0 Å². The van der Waals surface area contributed by atoms with Gasteiger partial charge in [0.2, 0.25) is 0 Å². The van der Waals surface area contributed by atoms with Crippen molar-refractivity contribution in [3.8, 4) is 0 Å². The van der Waals surface area contributed by atoms with Gasteiger partial charge in [0.1, 0.15) is 0 Å². The second kappa shape index (κ2) is 5.29. The van der Waals surface area contributed by atoms with E-state index in [4.69, 9.17) is 4.74 Å². The van der Waals surface area contributed by atoms with Crippen LogP contribution >= 0.6 is 31.9 Å². The van der Waals surface area contributed by atoms with Gasteiger partial charge in [-0.3, -0.25) is 4.79 Å². The van der Waals surface area contributed by atoms with Crippen LogP contribution < -0.4 is 0 Å². The maximum atomic E-state index is 12.2. The highest BCUT2D eigenvalue weighted by Gasteiger charge is 2.20. The lowest BCUT2D eigenvalue weighted by molar-refractivity contribution is 0.0302. The summed E-state index contributed by atoms with van der Waals surface area (Å²) in [5.74, 6) is 0.0523. The van der Waals surface area contributed by atoms with Crippen LogP contribution in [0, 0.1) is 0 Å². The number of rotatable bonds is 1. The number of ether oxygens (including phenoxy) is 1. The molecular formula is C11H11Br2NO2. The molecule has 86 valence electrons. The van der Waals surface area contributed by atoms with Crippen LogP contribution in [0.1, 0.15) is 10.4 Å². The van der Waals surface area contributed by atoms with E-state index in [2.05, 4.69) is 31.9 Å². The third kappa shape index (κ3) is 2.64. The fourth-order valence-corrected chi connectivity index (χ4v) is 2.38. The van der Waals surface area contributed by atoms with Gasteiger partial charge in [-0.05, 0) is 34.1 Å². The summed E-state index contributed by atoms with van der Waals surface area (Å²) in [5.41, 5.74) is 0.691. The van der Waals surface area contributed by atoms with Crippen LogP contribution in [-0.4, -0.2) is 37.1 Å². The Bertz CT molecular complexity index is 403. The van der Waals surface area contributed by atoms with Gasteiger partial charge in [0.15, 0.2) is 0 Å². The fourth-order valence-electron chi connectivity index (χ4n) is 1.60. The molecule has 0 spiro atoms. The Balaban J connectivity index is 2.22. The van der Waals surface area contributed by atoms with Gasteiger partial charge in [-0.1, -0.05) is 15.9 Å². The molecule has 0 aromatic heterocycles. The Kier molecular flexibility index (Phi) is 4.00. The number of hydrogen-bond acceptors (Lipinski definition) is 2. The summed E-state index contributed by atoms with van der Waals surface area (Å²) in [5, 5.41) is 0. The molecule has 0 unspecified atom stereocenters. The van der Waals surface area contributed by atoms with Crippen LogP contribution in [0.15, 0.2) is 27.1 Å². The van der Waals surface area contributed by atoms with E-state index in [9.17, 15) is 4.79 Å². The monoisotopic (exact) mass is 347 g/mol. The van der Waals surface area contributed by atoms with Crippen LogP contribution in [0.3, 0.4) is 0 Å². The number of hydrogen-bond donors (Lipinski definition) is 0.